The largest absolute Gasteiger partial charge is 0.450 e. The molecule has 0 aliphatic carbocycles. The third kappa shape index (κ3) is 3.57. The van der Waals surface area contributed by atoms with Crippen LogP contribution < -0.4 is 4.90 Å². The number of piperidine rings is 1. The highest BCUT2D eigenvalue weighted by Crippen LogP contribution is 2.42. The molecule has 5 nitrogen and oxygen atoms in total. The fraction of sp³-hybridized carbons (Fsp3) is 0.316. The van der Waals surface area contributed by atoms with Gasteiger partial charge in [-0.05, 0) is 36.9 Å². The predicted octanol–water partition coefficient (Wildman–Crippen LogP) is 3.61. The Balaban J connectivity index is 2.00. The number of thiophene rings is 1. The Hall–Kier alpha value is -2.65. The Bertz CT molecular complexity index is 793. The molecule has 1 saturated heterocycles. The maximum Gasteiger partial charge on any atom is 0.312 e. The molecule has 1 fully saturated rings. The van der Waals surface area contributed by atoms with Crippen molar-refractivity contribution in [2.45, 2.75) is 25.8 Å². The van der Waals surface area contributed by atoms with Crippen LogP contribution in [0.15, 0.2) is 41.8 Å². The minimum absolute atomic E-state index is 0.00779. The smallest absolute Gasteiger partial charge is 0.312 e. The van der Waals surface area contributed by atoms with Crippen LogP contribution >= 0.6 is 11.3 Å². The molecule has 1 amide bonds. The molecule has 1 aromatic carbocycles. The van der Waals surface area contributed by atoms with Gasteiger partial charge in [-0.25, -0.2) is 0 Å². The van der Waals surface area contributed by atoms with Crippen LogP contribution in [0.4, 0.5) is 5.69 Å². The van der Waals surface area contributed by atoms with Crippen LogP contribution in [0.2, 0.25) is 0 Å². The number of nitriles is 1. The number of carbonyl (C=O) groups is 2. The molecule has 1 aliphatic heterocycles. The lowest BCUT2D eigenvalue weighted by Crippen LogP contribution is -2.45. The average molecular weight is 354 g/mol. The lowest BCUT2D eigenvalue weighted by atomic mass is 9.87. The van der Waals surface area contributed by atoms with Crippen molar-refractivity contribution in [1.29, 1.82) is 5.26 Å². The van der Waals surface area contributed by atoms with Crippen molar-refractivity contribution < 1.29 is 14.3 Å². The van der Waals surface area contributed by atoms with Gasteiger partial charge in [0.1, 0.15) is 6.07 Å². The molecule has 0 N–H and O–H groups in total. The maximum absolute atomic E-state index is 12.7. The monoisotopic (exact) mass is 354 g/mol. The number of aryl methyl sites for hydroxylation is 1. The predicted molar refractivity (Wildman–Crippen MR) is 95.0 cm³/mol. The molecule has 6 heteroatoms. The van der Waals surface area contributed by atoms with Gasteiger partial charge in [-0.1, -0.05) is 23.8 Å². The Morgan fingerprint density at radius 1 is 1.36 bits per heavy atom. The van der Waals surface area contributed by atoms with E-state index in [1.165, 1.54) is 11.3 Å². The SMILES string of the molecule is Cc1ccc(N2C(=O)CCC(C(=O)OCC#N)C2c2cccs2)cc1. The molecule has 2 aromatic rings. The third-order valence-electron chi connectivity index (χ3n) is 4.33. The minimum atomic E-state index is -0.481. The standard InChI is InChI=1S/C19H18N2O3S/c1-13-4-6-14(7-5-13)21-17(22)9-8-15(19(23)24-11-10-20)18(21)16-3-2-12-25-16/h2-7,12,15,18H,8-9,11H2,1H3. The fourth-order valence-electron chi connectivity index (χ4n) is 3.14. The zero-order valence-corrected chi connectivity index (χ0v) is 14.7. The topological polar surface area (TPSA) is 70.4 Å². The van der Waals surface area contributed by atoms with Gasteiger partial charge in [0, 0.05) is 17.0 Å². The van der Waals surface area contributed by atoms with Gasteiger partial charge in [0.2, 0.25) is 5.91 Å². The van der Waals surface area contributed by atoms with Crippen molar-refractivity contribution in [3.8, 4) is 6.07 Å². The quantitative estimate of drug-likeness (QED) is 0.787. The number of hydrogen-bond acceptors (Lipinski definition) is 5. The van der Waals surface area contributed by atoms with Crippen molar-refractivity contribution >= 4 is 28.9 Å². The van der Waals surface area contributed by atoms with Crippen LogP contribution in [-0.2, 0) is 14.3 Å². The van der Waals surface area contributed by atoms with Crippen molar-refractivity contribution in [3.05, 3.63) is 52.2 Å². The number of amides is 1. The summed E-state index contributed by atoms with van der Waals surface area (Å²) >= 11 is 1.51. The molecule has 2 atom stereocenters. The van der Waals surface area contributed by atoms with E-state index in [-0.39, 0.29) is 18.9 Å². The molecule has 0 spiro atoms. The first-order valence-electron chi connectivity index (χ1n) is 8.07. The number of benzene rings is 1. The normalized spacial score (nSPS) is 20.2. The van der Waals surface area contributed by atoms with Crippen molar-refractivity contribution in [3.63, 3.8) is 0 Å². The second-order valence-electron chi connectivity index (χ2n) is 5.97. The first-order valence-corrected chi connectivity index (χ1v) is 8.95. The fourth-order valence-corrected chi connectivity index (χ4v) is 4.03. The van der Waals surface area contributed by atoms with E-state index in [0.717, 1.165) is 16.1 Å². The van der Waals surface area contributed by atoms with Crippen LogP contribution in [0.3, 0.4) is 0 Å². The summed E-state index contributed by atoms with van der Waals surface area (Å²) in [6.45, 7) is 1.71. The highest BCUT2D eigenvalue weighted by atomic mass is 32.1. The van der Waals surface area contributed by atoms with E-state index in [1.54, 1.807) is 4.90 Å². The summed E-state index contributed by atoms with van der Waals surface area (Å²) in [5.74, 6) is -0.915. The van der Waals surface area contributed by atoms with Crippen LogP contribution in [0.25, 0.3) is 0 Å². The first-order chi connectivity index (χ1) is 12.1. The Morgan fingerprint density at radius 2 is 2.12 bits per heavy atom. The average Bonchev–Trinajstić information content (AvgIpc) is 3.14. The highest BCUT2D eigenvalue weighted by Gasteiger charge is 2.42. The zero-order chi connectivity index (χ0) is 17.8. The molecular weight excluding hydrogens is 336 g/mol. The van der Waals surface area contributed by atoms with E-state index in [2.05, 4.69) is 0 Å². The van der Waals surface area contributed by atoms with Gasteiger partial charge in [0.05, 0.1) is 12.0 Å². The van der Waals surface area contributed by atoms with Gasteiger partial charge in [0.15, 0.2) is 6.61 Å². The number of nitrogens with zero attached hydrogens (tertiary/aromatic N) is 2. The zero-order valence-electron chi connectivity index (χ0n) is 13.8. The van der Waals surface area contributed by atoms with Gasteiger partial charge in [-0.15, -0.1) is 11.3 Å². The van der Waals surface area contributed by atoms with Crippen LogP contribution in [-0.4, -0.2) is 18.5 Å². The Labute approximate surface area is 150 Å². The second kappa shape index (κ2) is 7.49. The summed E-state index contributed by atoms with van der Waals surface area (Å²) in [5, 5.41) is 10.6. The molecule has 1 aliphatic rings. The van der Waals surface area contributed by atoms with E-state index >= 15 is 0 Å². The summed E-state index contributed by atoms with van der Waals surface area (Å²) in [5.41, 5.74) is 1.87. The molecule has 2 unspecified atom stereocenters. The summed E-state index contributed by atoms with van der Waals surface area (Å²) in [6, 6.07) is 13.0. The van der Waals surface area contributed by atoms with E-state index in [4.69, 9.17) is 10.00 Å². The highest BCUT2D eigenvalue weighted by molar-refractivity contribution is 7.10. The van der Waals surface area contributed by atoms with Crippen LogP contribution in [0, 0.1) is 24.2 Å². The lowest BCUT2D eigenvalue weighted by molar-refractivity contribution is -0.149. The van der Waals surface area contributed by atoms with E-state index in [1.807, 2.05) is 54.8 Å². The summed E-state index contributed by atoms with van der Waals surface area (Å²) in [4.78, 5) is 27.8. The van der Waals surface area contributed by atoms with Gasteiger partial charge < -0.3 is 9.64 Å². The number of carbonyl (C=O) groups excluding carboxylic acids is 2. The van der Waals surface area contributed by atoms with Gasteiger partial charge in [-0.2, -0.15) is 5.26 Å². The molecule has 25 heavy (non-hydrogen) atoms. The maximum atomic E-state index is 12.7. The minimum Gasteiger partial charge on any atom is -0.450 e. The van der Waals surface area contributed by atoms with Crippen LogP contribution in [0.1, 0.15) is 29.3 Å². The van der Waals surface area contributed by atoms with Gasteiger partial charge >= 0.3 is 5.97 Å². The van der Waals surface area contributed by atoms with Crippen molar-refractivity contribution in [2.75, 3.05) is 11.5 Å². The number of rotatable bonds is 4. The number of hydrogen-bond donors (Lipinski definition) is 0. The third-order valence-corrected chi connectivity index (χ3v) is 5.27. The Kier molecular flexibility index (Phi) is 5.15. The summed E-state index contributed by atoms with van der Waals surface area (Å²) in [6.07, 6.45) is 0.704. The lowest BCUT2D eigenvalue weighted by Gasteiger charge is -2.39. The molecule has 0 radical (unpaired) electrons. The summed E-state index contributed by atoms with van der Waals surface area (Å²) in [7, 11) is 0. The molecule has 0 saturated carbocycles. The van der Waals surface area contributed by atoms with Crippen LogP contribution in [0.5, 0.6) is 0 Å². The molecule has 3 rings (SSSR count). The Morgan fingerprint density at radius 3 is 2.76 bits per heavy atom. The van der Waals surface area contributed by atoms with Crippen molar-refractivity contribution in [1.82, 2.24) is 0 Å². The molecular formula is C19H18N2O3S. The number of ether oxygens (including phenoxy) is 1. The molecule has 0 bridgehead atoms. The number of anilines is 1. The van der Waals surface area contributed by atoms with E-state index in [0.29, 0.717) is 6.42 Å². The van der Waals surface area contributed by atoms with Crippen molar-refractivity contribution in [2.24, 2.45) is 5.92 Å². The van der Waals surface area contributed by atoms with Gasteiger partial charge in [0.25, 0.3) is 0 Å². The molecule has 128 valence electrons. The van der Waals surface area contributed by atoms with E-state index in [9.17, 15) is 9.59 Å². The first kappa shape index (κ1) is 17.2. The molecule has 1 aromatic heterocycles. The summed E-state index contributed by atoms with van der Waals surface area (Å²) < 4.78 is 5.06. The van der Waals surface area contributed by atoms with Gasteiger partial charge in [-0.3, -0.25) is 9.59 Å². The second-order valence-corrected chi connectivity index (χ2v) is 6.95. The number of esters is 1. The van der Waals surface area contributed by atoms with E-state index < -0.39 is 17.9 Å². The molecule has 2 heterocycles.